The second-order valence-electron chi connectivity index (χ2n) is 3.29. The molecule has 0 aliphatic rings. The first-order valence-corrected chi connectivity index (χ1v) is 4.41. The van der Waals surface area contributed by atoms with Crippen molar-refractivity contribution in [1.29, 1.82) is 0 Å². The van der Waals surface area contributed by atoms with E-state index in [1.807, 2.05) is 13.8 Å². The lowest BCUT2D eigenvalue weighted by Crippen LogP contribution is -2.03. The second kappa shape index (κ2) is 4.33. The first-order valence-electron chi connectivity index (χ1n) is 4.41. The van der Waals surface area contributed by atoms with Gasteiger partial charge < -0.3 is 5.11 Å². The molecule has 1 aromatic heterocycles. The quantitative estimate of drug-likeness (QED) is 0.776. The molecule has 3 heteroatoms. The van der Waals surface area contributed by atoms with Crippen LogP contribution in [0, 0.1) is 5.82 Å². The van der Waals surface area contributed by atoms with Crippen molar-refractivity contribution in [2.45, 2.75) is 26.2 Å². The van der Waals surface area contributed by atoms with Gasteiger partial charge in [-0.1, -0.05) is 13.8 Å². The molecule has 0 amide bonds. The van der Waals surface area contributed by atoms with Gasteiger partial charge in [0.25, 0.3) is 0 Å². The smallest absolute Gasteiger partial charge is 0.148 e. The topological polar surface area (TPSA) is 33.1 Å². The van der Waals surface area contributed by atoms with Gasteiger partial charge >= 0.3 is 0 Å². The van der Waals surface area contributed by atoms with Gasteiger partial charge in [-0.15, -0.1) is 0 Å². The summed E-state index contributed by atoms with van der Waals surface area (Å²) in [4.78, 5) is 3.88. The molecule has 1 rings (SSSR count). The molecule has 0 aromatic carbocycles. The number of hydrogen-bond acceptors (Lipinski definition) is 2. The normalized spacial score (nSPS) is 10.8. The summed E-state index contributed by atoms with van der Waals surface area (Å²) < 4.78 is 13.5. The van der Waals surface area contributed by atoms with Crippen LogP contribution in [0.3, 0.4) is 0 Å². The summed E-state index contributed by atoms with van der Waals surface area (Å²) >= 11 is 0. The van der Waals surface area contributed by atoms with Gasteiger partial charge in [-0.05, 0) is 17.5 Å². The Bertz CT molecular complexity index is 286. The number of rotatable bonds is 3. The molecule has 0 spiro atoms. The van der Waals surface area contributed by atoms with Crippen LogP contribution in [-0.4, -0.2) is 16.7 Å². The Morgan fingerprint density at radius 1 is 1.54 bits per heavy atom. The zero-order chi connectivity index (χ0) is 9.84. The highest BCUT2D eigenvalue weighted by Gasteiger charge is 2.10. The molecule has 0 saturated heterocycles. The molecule has 1 aromatic rings. The molecule has 1 heterocycles. The number of aliphatic hydroxyl groups is 1. The summed E-state index contributed by atoms with van der Waals surface area (Å²) in [7, 11) is 0. The fraction of sp³-hybridized carbons (Fsp3) is 0.500. The maximum atomic E-state index is 13.5. The summed E-state index contributed by atoms with van der Waals surface area (Å²) in [5, 5.41) is 8.67. The molecule has 0 atom stereocenters. The zero-order valence-corrected chi connectivity index (χ0v) is 7.92. The lowest BCUT2D eigenvalue weighted by atomic mass is 10.0. The minimum atomic E-state index is -0.272. The van der Waals surface area contributed by atoms with E-state index in [-0.39, 0.29) is 24.8 Å². The number of aliphatic hydroxyl groups excluding tert-OH is 1. The molecule has 0 bridgehead atoms. The van der Waals surface area contributed by atoms with Crippen LogP contribution in [0.1, 0.15) is 31.0 Å². The van der Waals surface area contributed by atoms with Crippen molar-refractivity contribution < 1.29 is 9.50 Å². The third-order valence-corrected chi connectivity index (χ3v) is 1.96. The highest BCUT2D eigenvalue weighted by Crippen LogP contribution is 2.19. The van der Waals surface area contributed by atoms with Gasteiger partial charge in [-0.3, -0.25) is 4.98 Å². The SMILES string of the molecule is CC(C)c1ccnc(CCO)c1F. The average molecular weight is 183 g/mol. The highest BCUT2D eigenvalue weighted by molar-refractivity contribution is 5.22. The van der Waals surface area contributed by atoms with Gasteiger partial charge in [0.2, 0.25) is 0 Å². The van der Waals surface area contributed by atoms with E-state index in [1.54, 1.807) is 12.3 Å². The first kappa shape index (κ1) is 10.1. The van der Waals surface area contributed by atoms with Gasteiger partial charge in [-0.2, -0.15) is 0 Å². The Balaban J connectivity index is 3.03. The molecule has 13 heavy (non-hydrogen) atoms. The summed E-state index contributed by atoms with van der Waals surface area (Å²) in [6.07, 6.45) is 1.87. The van der Waals surface area contributed by atoms with Crippen molar-refractivity contribution in [2.75, 3.05) is 6.61 Å². The van der Waals surface area contributed by atoms with Crippen molar-refractivity contribution in [2.24, 2.45) is 0 Å². The van der Waals surface area contributed by atoms with Crippen molar-refractivity contribution in [3.8, 4) is 0 Å². The van der Waals surface area contributed by atoms with E-state index in [9.17, 15) is 4.39 Å². The number of nitrogens with zero attached hydrogens (tertiary/aromatic N) is 1. The molecule has 0 radical (unpaired) electrons. The maximum Gasteiger partial charge on any atom is 0.148 e. The van der Waals surface area contributed by atoms with E-state index in [4.69, 9.17) is 5.11 Å². The highest BCUT2D eigenvalue weighted by atomic mass is 19.1. The standard InChI is InChI=1S/C10H14FNO/c1-7(2)8-3-5-12-9(4-6-13)10(8)11/h3,5,7,13H,4,6H2,1-2H3. The average Bonchev–Trinajstić information content (AvgIpc) is 2.08. The molecular formula is C10H14FNO. The largest absolute Gasteiger partial charge is 0.396 e. The maximum absolute atomic E-state index is 13.5. The van der Waals surface area contributed by atoms with Crippen LogP contribution in [-0.2, 0) is 6.42 Å². The van der Waals surface area contributed by atoms with Crippen molar-refractivity contribution in [1.82, 2.24) is 4.98 Å². The van der Waals surface area contributed by atoms with E-state index in [1.165, 1.54) is 0 Å². The summed E-state index contributed by atoms with van der Waals surface area (Å²) in [5.41, 5.74) is 1.02. The zero-order valence-electron chi connectivity index (χ0n) is 7.92. The third-order valence-electron chi connectivity index (χ3n) is 1.96. The Labute approximate surface area is 77.4 Å². The summed E-state index contributed by atoms with van der Waals surface area (Å²) in [5.74, 6) is -0.119. The Morgan fingerprint density at radius 2 is 2.23 bits per heavy atom. The molecule has 0 unspecified atom stereocenters. The molecule has 72 valence electrons. The Kier molecular flexibility index (Phi) is 3.37. The van der Waals surface area contributed by atoms with Gasteiger partial charge in [-0.25, -0.2) is 4.39 Å². The molecule has 2 nitrogen and oxygen atoms in total. The van der Waals surface area contributed by atoms with E-state index < -0.39 is 0 Å². The number of hydrogen-bond donors (Lipinski definition) is 1. The third kappa shape index (κ3) is 2.25. The summed E-state index contributed by atoms with van der Waals surface area (Å²) in [6, 6.07) is 1.68. The van der Waals surface area contributed by atoms with Crippen molar-refractivity contribution in [3.05, 3.63) is 29.3 Å². The van der Waals surface area contributed by atoms with Crippen LogP contribution in [0.2, 0.25) is 0 Å². The Morgan fingerprint density at radius 3 is 2.77 bits per heavy atom. The fourth-order valence-corrected chi connectivity index (χ4v) is 1.23. The predicted octanol–water partition coefficient (Wildman–Crippen LogP) is 1.88. The number of halogens is 1. The summed E-state index contributed by atoms with van der Waals surface area (Å²) in [6.45, 7) is 3.80. The van der Waals surface area contributed by atoms with Crippen LogP contribution in [0.5, 0.6) is 0 Å². The van der Waals surface area contributed by atoms with E-state index in [0.717, 1.165) is 0 Å². The minimum absolute atomic E-state index is 0.0640. The molecule has 1 N–H and O–H groups in total. The molecule has 0 aliphatic heterocycles. The van der Waals surface area contributed by atoms with Crippen LogP contribution in [0.25, 0.3) is 0 Å². The number of aromatic nitrogens is 1. The van der Waals surface area contributed by atoms with E-state index >= 15 is 0 Å². The van der Waals surface area contributed by atoms with Crippen LogP contribution in [0.4, 0.5) is 4.39 Å². The minimum Gasteiger partial charge on any atom is -0.396 e. The van der Waals surface area contributed by atoms with Gasteiger partial charge in [0, 0.05) is 19.2 Å². The molecule has 0 aliphatic carbocycles. The van der Waals surface area contributed by atoms with Crippen LogP contribution < -0.4 is 0 Å². The number of pyridine rings is 1. The monoisotopic (exact) mass is 183 g/mol. The lowest BCUT2D eigenvalue weighted by molar-refractivity contribution is 0.295. The lowest BCUT2D eigenvalue weighted by Gasteiger charge is -2.08. The Hall–Kier alpha value is -0.960. The van der Waals surface area contributed by atoms with Crippen molar-refractivity contribution in [3.63, 3.8) is 0 Å². The van der Waals surface area contributed by atoms with E-state index in [0.29, 0.717) is 11.3 Å². The molecule has 0 saturated carbocycles. The van der Waals surface area contributed by atoms with Gasteiger partial charge in [0.05, 0.1) is 5.69 Å². The van der Waals surface area contributed by atoms with E-state index in [2.05, 4.69) is 4.98 Å². The van der Waals surface area contributed by atoms with Crippen LogP contribution >= 0.6 is 0 Å². The van der Waals surface area contributed by atoms with Gasteiger partial charge in [0.15, 0.2) is 0 Å². The van der Waals surface area contributed by atoms with Crippen molar-refractivity contribution >= 4 is 0 Å². The second-order valence-corrected chi connectivity index (χ2v) is 3.29. The van der Waals surface area contributed by atoms with Gasteiger partial charge in [0.1, 0.15) is 5.82 Å². The molecule has 0 fully saturated rings. The fourth-order valence-electron chi connectivity index (χ4n) is 1.23. The predicted molar refractivity (Wildman–Crippen MR) is 49.1 cm³/mol. The molecular weight excluding hydrogens is 169 g/mol. The first-order chi connectivity index (χ1) is 6.16. The van der Waals surface area contributed by atoms with Crippen LogP contribution in [0.15, 0.2) is 12.3 Å².